The van der Waals surface area contributed by atoms with Gasteiger partial charge in [0.25, 0.3) is 0 Å². The minimum absolute atomic E-state index is 0.0862. The van der Waals surface area contributed by atoms with Crippen LogP contribution in [0.25, 0.3) is 0 Å². The second kappa shape index (κ2) is 53.7. The van der Waals surface area contributed by atoms with Gasteiger partial charge < -0.3 is 14.2 Å². The summed E-state index contributed by atoms with van der Waals surface area (Å²) in [6.45, 7) is 6.58. The molecule has 0 fully saturated rings. The average molecular weight is 909 g/mol. The molecule has 0 spiro atoms. The summed E-state index contributed by atoms with van der Waals surface area (Å²) in [6.07, 6.45) is 66.3. The quantitative estimate of drug-likeness (QED) is 0.0262. The van der Waals surface area contributed by atoms with Crippen molar-refractivity contribution in [3.63, 3.8) is 0 Å². The number of carbonyl (C=O) groups excluding carboxylic acids is 3. The Kier molecular flexibility index (Phi) is 51.3. The molecular weight excluding hydrogens is 805 g/mol. The van der Waals surface area contributed by atoms with Gasteiger partial charge in [-0.2, -0.15) is 0 Å². The lowest BCUT2D eigenvalue weighted by molar-refractivity contribution is -0.167. The molecule has 0 aliphatic carbocycles. The Morgan fingerprint density at radius 2 is 0.554 bits per heavy atom. The molecule has 0 rings (SSSR count). The third kappa shape index (κ3) is 51.9. The molecule has 0 saturated heterocycles. The van der Waals surface area contributed by atoms with Crippen molar-refractivity contribution in [2.75, 3.05) is 13.2 Å². The molecule has 0 radical (unpaired) electrons. The first-order valence-electron chi connectivity index (χ1n) is 27.8. The van der Waals surface area contributed by atoms with Gasteiger partial charge in [-0.05, 0) is 109 Å². The van der Waals surface area contributed by atoms with E-state index in [0.29, 0.717) is 19.3 Å². The van der Waals surface area contributed by atoms with Crippen LogP contribution in [0.3, 0.4) is 0 Å². The van der Waals surface area contributed by atoms with Gasteiger partial charge in [-0.1, -0.05) is 210 Å². The molecule has 6 heteroatoms. The zero-order valence-corrected chi connectivity index (χ0v) is 43.0. The van der Waals surface area contributed by atoms with E-state index in [0.717, 1.165) is 103 Å². The van der Waals surface area contributed by atoms with Gasteiger partial charge in [0.2, 0.25) is 0 Å². The Morgan fingerprint density at radius 1 is 0.308 bits per heavy atom. The van der Waals surface area contributed by atoms with E-state index in [1.807, 2.05) is 0 Å². The Balaban J connectivity index is 4.41. The number of allylic oxidation sites excluding steroid dienone is 10. The fourth-order valence-corrected chi connectivity index (χ4v) is 7.73. The van der Waals surface area contributed by atoms with E-state index in [-0.39, 0.29) is 31.1 Å². The topological polar surface area (TPSA) is 78.9 Å². The van der Waals surface area contributed by atoms with Gasteiger partial charge in [-0.3, -0.25) is 14.4 Å². The maximum absolute atomic E-state index is 12.8. The highest BCUT2D eigenvalue weighted by Crippen LogP contribution is 2.14. The minimum atomic E-state index is -0.788. The van der Waals surface area contributed by atoms with E-state index in [4.69, 9.17) is 14.2 Å². The maximum atomic E-state index is 12.8. The Hall–Kier alpha value is -2.89. The van der Waals surface area contributed by atoms with Crippen LogP contribution in [0.1, 0.15) is 278 Å². The number of hydrogen-bond acceptors (Lipinski definition) is 6. The molecule has 1 unspecified atom stereocenters. The smallest absolute Gasteiger partial charge is 0.306 e. The van der Waals surface area contributed by atoms with Crippen LogP contribution in [-0.4, -0.2) is 37.2 Å². The Morgan fingerprint density at radius 3 is 0.862 bits per heavy atom. The summed E-state index contributed by atoms with van der Waals surface area (Å²) in [4.78, 5) is 38.1. The van der Waals surface area contributed by atoms with Crippen molar-refractivity contribution in [1.29, 1.82) is 0 Å². The van der Waals surface area contributed by atoms with Crippen molar-refractivity contribution in [3.05, 3.63) is 60.8 Å². The summed E-state index contributed by atoms with van der Waals surface area (Å²) in [5.41, 5.74) is 0. The number of hydrogen-bond donors (Lipinski definition) is 0. The number of esters is 3. The maximum Gasteiger partial charge on any atom is 0.306 e. The summed E-state index contributed by atoms with van der Waals surface area (Å²) < 4.78 is 16.8. The number of unbranched alkanes of at least 4 members (excludes halogenated alkanes) is 29. The van der Waals surface area contributed by atoms with E-state index in [9.17, 15) is 14.4 Å². The zero-order valence-electron chi connectivity index (χ0n) is 43.0. The first kappa shape index (κ1) is 62.1. The van der Waals surface area contributed by atoms with Crippen molar-refractivity contribution in [2.24, 2.45) is 0 Å². The van der Waals surface area contributed by atoms with Crippen molar-refractivity contribution < 1.29 is 28.6 Å². The SMILES string of the molecule is CCCCCC/C=C\C/C=C\CCCCCCCCCC(=O)OCC(COC(=O)CCCCCCC/C=C\CCCCCC)OC(=O)CCCCCCC/C=C\C/C=C\CCCCCC. The van der Waals surface area contributed by atoms with Crippen LogP contribution in [0, 0.1) is 0 Å². The number of rotatable bonds is 50. The Bertz CT molecular complexity index is 1180. The fourth-order valence-electron chi connectivity index (χ4n) is 7.73. The predicted octanol–water partition coefficient (Wildman–Crippen LogP) is 18.4. The summed E-state index contributed by atoms with van der Waals surface area (Å²) in [5, 5.41) is 0. The molecule has 0 bridgehead atoms. The van der Waals surface area contributed by atoms with Crippen LogP contribution in [0.2, 0.25) is 0 Å². The van der Waals surface area contributed by atoms with Crippen LogP contribution in [-0.2, 0) is 28.6 Å². The first-order valence-corrected chi connectivity index (χ1v) is 27.8. The highest BCUT2D eigenvalue weighted by atomic mass is 16.6. The van der Waals surface area contributed by atoms with E-state index >= 15 is 0 Å². The molecule has 0 amide bonds. The zero-order chi connectivity index (χ0) is 47.2. The molecule has 0 aliphatic rings. The monoisotopic (exact) mass is 909 g/mol. The molecule has 0 heterocycles. The molecule has 1 atom stereocenters. The summed E-state index contributed by atoms with van der Waals surface area (Å²) in [7, 11) is 0. The van der Waals surface area contributed by atoms with E-state index in [1.165, 1.54) is 135 Å². The lowest BCUT2D eigenvalue weighted by Gasteiger charge is -2.18. The van der Waals surface area contributed by atoms with Gasteiger partial charge in [0.15, 0.2) is 6.10 Å². The van der Waals surface area contributed by atoms with Crippen LogP contribution >= 0.6 is 0 Å². The van der Waals surface area contributed by atoms with Crippen LogP contribution in [0.15, 0.2) is 60.8 Å². The second-order valence-corrected chi connectivity index (χ2v) is 18.5. The summed E-state index contributed by atoms with van der Waals surface area (Å²) >= 11 is 0. The van der Waals surface area contributed by atoms with Crippen molar-refractivity contribution in [2.45, 2.75) is 284 Å². The van der Waals surface area contributed by atoms with Crippen LogP contribution < -0.4 is 0 Å². The van der Waals surface area contributed by atoms with Crippen molar-refractivity contribution in [3.8, 4) is 0 Å². The second-order valence-electron chi connectivity index (χ2n) is 18.5. The fraction of sp³-hybridized carbons (Fsp3) is 0.780. The molecule has 0 aliphatic heterocycles. The van der Waals surface area contributed by atoms with E-state index < -0.39 is 6.10 Å². The molecular formula is C59H104O6. The van der Waals surface area contributed by atoms with E-state index in [1.54, 1.807) is 0 Å². The first-order chi connectivity index (χ1) is 32.0. The summed E-state index contributed by atoms with van der Waals surface area (Å²) in [5.74, 6) is -0.909. The van der Waals surface area contributed by atoms with Gasteiger partial charge >= 0.3 is 17.9 Å². The van der Waals surface area contributed by atoms with E-state index in [2.05, 4.69) is 81.5 Å². The normalized spacial score (nSPS) is 12.5. The van der Waals surface area contributed by atoms with Gasteiger partial charge in [-0.15, -0.1) is 0 Å². The summed E-state index contributed by atoms with van der Waals surface area (Å²) in [6, 6.07) is 0. The van der Waals surface area contributed by atoms with Crippen molar-refractivity contribution >= 4 is 17.9 Å². The third-order valence-corrected chi connectivity index (χ3v) is 12.0. The highest BCUT2D eigenvalue weighted by molar-refractivity contribution is 5.71. The molecule has 0 aromatic rings. The number of ether oxygens (including phenoxy) is 3. The highest BCUT2D eigenvalue weighted by Gasteiger charge is 2.19. The van der Waals surface area contributed by atoms with Crippen LogP contribution in [0.5, 0.6) is 0 Å². The minimum Gasteiger partial charge on any atom is -0.462 e. The third-order valence-electron chi connectivity index (χ3n) is 12.0. The molecule has 376 valence electrons. The van der Waals surface area contributed by atoms with Gasteiger partial charge in [-0.25, -0.2) is 0 Å². The molecule has 0 N–H and O–H groups in total. The molecule has 0 aromatic heterocycles. The lowest BCUT2D eigenvalue weighted by atomic mass is 10.1. The van der Waals surface area contributed by atoms with Gasteiger partial charge in [0.05, 0.1) is 0 Å². The molecule has 0 aromatic carbocycles. The lowest BCUT2D eigenvalue weighted by Crippen LogP contribution is -2.30. The van der Waals surface area contributed by atoms with Gasteiger partial charge in [0, 0.05) is 19.3 Å². The Labute approximate surface area is 402 Å². The molecule has 0 saturated carbocycles. The van der Waals surface area contributed by atoms with Gasteiger partial charge in [0.1, 0.15) is 13.2 Å². The standard InChI is InChI=1S/C59H104O6/c1-4-7-10-13-16-19-22-25-27-29-30-32-34-37-40-43-46-49-52-58(61)64-55-56(54-63-57(60)51-48-45-42-39-36-33-24-21-18-15-12-9-6-3)65-59(62)53-50-47-44-41-38-35-31-28-26-23-20-17-14-11-8-5-2/h19-24,27-29,31,56H,4-18,25-26,30,32-55H2,1-3H3/b22-19-,23-20-,24-21-,29-27-,31-28-. The molecule has 6 nitrogen and oxygen atoms in total. The van der Waals surface area contributed by atoms with Crippen LogP contribution in [0.4, 0.5) is 0 Å². The largest absolute Gasteiger partial charge is 0.462 e. The van der Waals surface area contributed by atoms with Crippen molar-refractivity contribution in [1.82, 2.24) is 0 Å². The number of carbonyl (C=O) groups is 3. The predicted molar refractivity (Wildman–Crippen MR) is 279 cm³/mol. The average Bonchev–Trinajstić information content (AvgIpc) is 3.30. The molecule has 65 heavy (non-hydrogen) atoms.